The average molecular weight is 283 g/mol. The van der Waals surface area contributed by atoms with Gasteiger partial charge in [-0.15, -0.1) is 11.3 Å². The Bertz CT molecular complexity index is 501. The predicted molar refractivity (Wildman–Crippen MR) is 74.8 cm³/mol. The summed E-state index contributed by atoms with van der Waals surface area (Å²) in [4.78, 5) is 4.21. The molecule has 96 valence electrons. The molecule has 0 bridgehead atoms. The molecule has 0 aliphatic carbocycles. The Hall–Kier alpha value is -0.940. The second kappa shape index (κ2) is 6.85. The molecule has 5 heteroatoms. The number of hydrogen-bond acceptors (Lipinski definition) is 4. The number of nitrogens with one attached hydrogen (secondary N) is 1. The summed E-state index contributed by atoms with van der Waals surface area (Å²) in [7, 11) is 1.71. The molecule has 0 fully saturated rings. The zero-order valence-electron chi connectivity index (χ0n) is 10.1. The summed E-state index contributed by atoms with van der Waals surface area (Å²) >= 11 is 7.34. The molecule has 1 aromatic heterocycles. The highest BCUT2D eigenvalue weighted by Gasteiger charge is 2.02. The number of nitrogens with zero attached hydrogens (tertiary/aromatic N) is 1. The van der Waals surface area contributed by atoms with Crippen LogP contribution in [0.5, 0.6) is 0 Å². The van der Waals surface area contributed by atoms with E-state index < -0.39 is 0 Å². The molecule has 1 aromatic carbocycles. The van der Waals surface area contributed by atoms with Gasteiger partial charge in [0.05, 0.1) is 12.8 Å². The van der Waals surface area contributed by atoms with E-state index in [4.69, 9.17) is 16.3 Å². The highest BCUT2D eigenvalue weighted by atomic mass is 35.5. The number of rotatable bonds is 6. The highest BCUT2D eigenvalue weighted by Crippen LogP contribution is 2.18. The Balaban J connectivity index is 1.89. The fourth-order valence-corrected chi connectivity index (χ4v) is 2.63. The van der Waals surface area contributed by atoms with Crippen LogP contribution in [0, 0.1) is 0 Å². The van der Waals surface area contributed by atoms with E-state index >= 15 is 0 Å². The van der Waals surface area contributed by atoms with Crippen LogP contribution in [0.2, 0.25) is 4.34 Å². The summed E-state index contributed by atoms with van der Waals surface area (Å²) in [6.07, 6.45) is 1.68. The van der Waals surface area contributed by atoms with Crippen LogP contribution in [0.4, 0.5) is 0 Å². The summed E-state index contributed by atoms with van der Waals surface area (Å²) < 4.78 is 5.91. The van der Waals surface area contributed by atoms with Gasteiger partial charge in [-0.05, 0) is 11.1 Å². The second-order valence-corrected chi connectivity index (χ2v) is 5.61. The Labute approximate surface area is 116 Å². The maximum absolute atomic E-state index is 5.83. The van der Waals surface area contributed by atoms with Crippen molar-refractivity contribution in [2.24, 2.45) is 0 Å². The first kappa shape index (κ1) is 13.5. The number of aromatic nitrogens is 1. The third-order valence-electron chi connectivity index (χ3n) is 2.54. The van der Waals surface area contributed by atoms with Crippen LogP contribution in [0.15, 0.2) is 30.5 Å². The summed E-state index contributed by atoms with van der Waals surface area (Å²) in [6, 6.07) is 8.26. The molecule has 2 rings (SSSR count). The van der Waals surface area contributed by atoms with Crippen molar-refractivity contribution in [3.63, 3.8) is 0 Å². The lowest BCUT2D eigenvalue weighted by Crippen LogP contribution is -2.14. The molecule has 0 amide bonds. The van der Waals surface area contributed by atoms with Crippen LogP contribution >= 0.6 is 22.9 Å². The Kier molecular flexibility index (Phi) is 5.13. The molecule has 0 aliphatic heterocycles. The van der Waals surface area contributed by atoms with E-state index in [2.05, 4.69) is 22.4 Å². The maximum atomic E-state index is 5.83. The summed E-state index contributed by atoms with van der Waals surface area (Å²) in [5, 5.41) is 4.37. The van der Waals surface area contributed by atoms with Gasteiger partial charge >= 0.3 is 0 Å². The van der Waals surface area contributed by atoms with E-state index in [0.717, 1.165) is 22.4 Å². The number of methoxy groups -OCH3 is 1. The standard InChI is InChI=1S/C13H15ClN2OS/c1-17-9-11-5-3-2-4-10(11)6-15-8-13-16-7-12(14)18-13/h2-5,7,15H,6,8-9H2,1H3. The van der Waals surface area contributed by atoms with Crippen molar-refractivity contribution in [1.82, 2.24) is 10.3 Å². The van der Waals surface area contributed by atoms with Gasteiger partial charge in [0.25, 0.3) is 0 Å². The van der Waals surface area contributed by atoms with Gasteiger partial charge in [0, 0.05) is 20.2 Å². The fraction of sp³-hybridized carbons (Fsp3) is 0.308. The van der Waals surface area contributed by atoms with E-state index in [1.165, 1.54) is 22.5 Å². The summed E-state index contributed by atoms with van der Waals surface area (Å²) in [5.74, 6) is 0. The lowest BCUT2D eigenvalue weighted by molar-refractivity contribution is 0.184. The lowest BCUT2D eigenvalue weighted by Gasteiger charge is -2.09. The molecule has 3 nitrogen and oxygen atoms in total. The van der Waals surface area contributed by atoms with Crippen LogP contribution in [0.3, 0.4) is 0 Å². The van der Waals surface area contributed by atoms with Gasteiger partial charge < -0.3 is 10.1 Å². The number of thiazole rings is 1. The molecule has 1 heterocycles. The molecule has 0 spiro atoms. The number of hydrogen-bond donors (Lipinski definition) is 1. The van der Waals surface area contributed by atoms with Gasteiger partial charge in [0.2, 0.25) is 0 Å². The van der Waals surface area contributed by atoms with Gasteiger partial charge in [-0.2, -0.15) is 0 Å². The van der Waals surface area contributed by atoms with E-state index in [9.17, 15) is 0 Å². The quantitative estimate of drug-likeness (QED) is 0.883. The maximum Gasteiger partial charge on any atom is 0.113 e. The number of ether oxygens (including phenoxy) is 1. The largest absolute Gasteiger partial charge is 0.380 e. The van der Waals surface area contributed by atoms with Crippen molar-refractivity contribution >= 4 is 22.9 Å². The number of benzene rings is 1. The van der Waals surface area contributed by atoms with Crippen molar-refractivity contribution in [3.05, 3.63) is 50.9 Å². The SMILES string of the molecule is COCc1ccccc1CNCc1ncc(Cl)s1. The molecule has 0 saturated heterocycles. The van der Waals surface area contributed by atoms with Crippen LogP contribution < -0.4 is 5.32 Å². The average Bonchev–Trinajstić information content (AvgIpc) is 2.78. The van der Waals surface area contributed by atoms with Gasteiger partial charge in [0.15, 0.2) is 0 Å². The molecular weight excluding hydrogens is 268 g/mol. The van der Waals surface area contributed by atoms with Crippen LogP contribution in [-0.4, -0.2) is 12.1 Å². The zero-order chi connectivity index (χ0) is 12.8. The minimum absolute atomic E-state index is 0.640. The molecule has 0 aliphatic rings. The van der Waals surface area contributed by atoms with Gasteiger partial charge in [-0.1, -0.05) is 35.9 Å². The van der Waals surface area contributed by atoms with Crippen molar-refractivity contribution in [1.29, 1.82) is 0 Å². The van der Waals surface area contributed by atoms with Crippen LogP contribution in [0.25, 0.3) is 0 Å². The molecule has 0 unspecified atom stereocenters. The molecule has 1 N–H and O–H groups in total. The fourth-order valence-electron chi connectivity index (χ4n) is 1.70. The van der Waals surface area contributed by atoms with E-state index in [1.54, 1.807) is 13.3 Å². The minimum Gasteiger partial charge on any atom is -0.380 e. The number of halogens is 1. The predicted octanol–water partition coefficient (Wildman–Crippen LogP) is 3.23. The topological polar surface area (TPSA) is 34.1 Å². The lowest BCUT2D eigenvalue weighted by atomic mass is 10.1. The monoisotopic (exact) mass is 282 g/mol. The highest BCUT2D eigenvalue weighted by molar-refractivity contribution is 7.15. The first-order chi connectivity index (χ1) is 8.79. The first-order valence-electron chi connectivity index (χ1n) is 5.66. The normalized spacial score (nSPS) is 10.8. The van der Waals surface area contributed by atoms with Gasteiger partial charge in [0.1, 0.15) is 9.34 Å². The Morgan fingerprint density at radius 3 is 2.72 bits per heavy atom. The minimum atomic E-state index is 0.640. The van der Waals surface area contributed by atoms with Gasteiger partial charge in [-0.3, -0.25) is 0 Å². The van der Waals surface area contributed by atoms with Crippen molar-refractivity contribution < 1.29 is 4.74 Å². The molecule has 2 aromatic rings. The third-order valence-corrected chi connectivity index (χ3v) is 3.65. The van der Waals surface area contributed by atoms with E-state index in [0.29, 0.717) is 6.61 Å². The summed E-state index contributed by atoms with van der Waals surface area (Å²) in [6.45, 7) is 2.18. The third kappa shape index (κ3) is 3.78. The molecule has 0 saturated carbocycles. The van der Waals surface area contributed by atoms with E-state index in [1.807, 2.05) is 12.1 Å². The van der Waals surface area contributed by atoms with Crippen LogP contribution in [-0.2, 0) is 24.4 Å². The summed E-state index contributed by atoms with van der Waals surface area (Å²) in [5.41, 5.74) is 2.46. The molecular formula is C13H15ClN2OS. The smallest absolute Gasteiger partial charge is 0.113 e. The molecule has 0 atom stereocenters. The Morgan fingerprint density at radius 1 is 1.28 bits per heavy atom. The molecule has 18 heavy (non-hydrogen) atoms. The first-order valence-corrected chi connectivity index (χ1v) is 6.85. The Morgan fingerprint density at radius 2 is 2.06 bits per heavy atom. The van der Waals surface area contributed by atoms with E-state index in [-0.39, 0.29) is 0 Å². The van der Waals surface area contributed by atoms with Gasteiger partial charge in [-0.25, -0.2) is 4.98 Å². The zero-order valence-corrected chi connectivity index (χ0v) is 11.7. The van der Waals surface area contributed by atoms with Crippen molar-refractivity contribution in [3.8, 4) is 0 Å². The van der Waals surface area contributed by atoms with Crippen molar-refractivity contribution in [2.45, 2.75) is 19.7 Å². The van der Waals surface area contributed by atoms with Crippen LogP contribution in [0.1, 0.15) is 16.1 Å². The van der Waals surface area contributed by atoms with Crippen molar-refractivity contribution in [2.75, 3.05) is 7.11 Å². The second-order valence-electron chi connectivity index (χ2n) is 3.86. The molecule has 0 radical (unpaired) electrons.